The molecule has 2 aromatic heterocycles. The number of piperidine rings is 1. The predicted molar refractivity (Wildman–Crippen MR) is 90.5 cm³/mol. The summed E-state index contributed by atoms with van der Waals surface area (Å²) < 4.78 is 0. The average molecular weight is 331 g/mol. The number of nitrogens with one attached hydrogen (secondary N) is 1. The average Bonchev–Trinajstić information content (AvgIpc) is 3.01. The molecule has 122 valence electrons. The Labute approximate surface area is 140 Å². The van der Waals surface area contributed by atoms with Gasteiger partial charge >= 0.3 is 0 Å². The molecule has 0 aromatic carbocycles. The maximum absolute atomic E-state index is 12.4. The van der Waals surface area contributed by atoms with Gasteiger partial charge in [-0.25, -0.2) is 9.97 Å². The van der Waals surface area contributed by atoms with Gasteiger partial charge in [0.2, 0.25) is 5.91 Å². The van der Waals surface area contributed by atoms with Gasteiger partial charge in [-0.2, -0.15) is 0 Å². The summed E-state index contributed by atoms with van der Waals surface area (Å²) in [7, 11) is 0. The van der Waals surface area contributed by atoms with Crippen LogP contribution in [-0.2, 0) is 11.2 Å². The van der Waals surface area contributed by atoms with E-state index < -0.39 is 0 Å². The van der Waals surface area contributed by atoms with Crippen LogP contribution in [0, 0.1) is 12.8 Å². The Morgan fingerprint density at radius 3 is 3.13 bits per heavy atom. The van der Waals surface area contributed by atoms with E-state index in [-0.39, 0.29) is 11.8 Å². The van der Waals surface area contributed by atoms with E-state index in [1.807, 2.05) is 6.92 Å². The Hall–Kier alpha value is -2.02. The highest BCUT2D eigenvalue weighted by Crippen LogP contribution is 2.20. The van der Waals surface area contributed by atoms with Gasteiger partial charge in [-0.15, -0.1) is 11.3 Å². The predicted octanol–water partition coefficient (Wildman–Crippen LogP) is 1.82. The van der Waals surface area contributed by atoms with E-state index in [0.29, 0.717) is 13.1 Å². The fourth-order valence-electron chi connectivity index (χ4n) is 2.83. The first-order valence-corrected chi connectivity index (χ1v) is 8.80. The third kappa shape index (κ3) is 4.25. The van der Waals surface area contributed by atoms with Crippen LogP contribution >= 0.6 is 11.3 Å². The molecule has 7 heteroatoms. The monoisotopic (exact) mass is 331 g/mol. The maximum atomic E-state index is 12.4. The van der Waals surface area contributed by atoms with Crippen molar-refractivity contribution in [2.45, 2.75) is 26.2 Å². The number of hydrogen-bond acceptors (Lipinski definition) is 6. The van der Waals surface area contributed by atoms with Gasteiger partial charge < -0.3 is 10.2 Å². The number of rotatable bonds is 5. The molecule has 0 saturated carbocycles. The quantitative estimate of drug-likeness (QED) is 0.905. The van der Waals surface area contributed by atoms with Gasteiger partial charge in [-0.1, -0.05) is 0 Å². The van der Waals surface area contributed by atoms with E-state index in [4.69, 9.17) is 0 Å². The molecule has 23 heavy (non-hydrogen) atoms. The topological polar surface area (TPSA) is 71.0 Å². The second-order valence-corrected chi connectivity index (χ2v) is 6.81. The summed E-state index contributed by atoms with van der Waals surface area (Å²) >= 11 is 1.65. The molecule has 1 unspecified atom stereocenters. The summed E-state index contributed by atoms with van der Waals surface area (Å²) in [5.41, 5.74) is 1.05. The highest BCUT2D eigenvalue weighted by atomic mass is 32.1. The molecular weight excluding hydrogens is 310 g/mol. The fraction of sp³-hybridized carbons (Fsp3) is 0.500. The van der Waals surface area contributed by atoms with E-state index >= 15 is 0 Å². The lowest BCUT2D eigenvalue weighted by Gasteiger charge is -2.32. The van der Waals surface area contributed by atoms with E-state index in [0.717, 1.165) is 42.3 Å². The number of thiazole rings is 1. The van der Waals surface area contributed by atoms with Crippen molar-refractivity contribution in [3.05, 3.63) is 34.7 Å². The molecule has 6 nitrogen and oxygen atoms in total. The molecular formula is C16H21N5OS. The Kier molecular flexibility index (Phi) is 5.17. The third-order valence-corrected chi connectivity index (χ3v) is 4.83. The molecule has 1 atom stereocenters. The van der Waals surface area contributed by atoms with Crippen LogP contribution in [0.25, 0.3) is 0 Å². The van der Waals surface area contributed by atoms with Gasteiger partial charge in [0.1, 0.15) is 5.82 Å². The van der Waals surface area contributed by atoms with Gasteiger partial charge in [-0.05, 0) is 19.8 Å². The molecule has 1 N–H and O–H groups in total. The summed E-state index contributed by atoms with van der Waals surface area (Å²) in [6.45, 7) is 4.28. The van der Waals surface area contributed by atoms with Crippen LogP contribution in [0.15, 0.2) is 24.0 Å². The van der Waals surface area contributed by atoms with Crippen molar-refractivity contribution >= 4 is 23.1 Å². The zero-order valence-electron chi connectivity index (χ0n) is 13.2. The normalized spacial score (nSPS) is 18.0. The van der Waals surface area contributed by atoms with Crippen LogP contribution in [0.2, 0.25) is 0 Å². The standard InChI is InChI=1S/C16H21N5OS/c1-12-20-14(11-23-12)4-5-19-16(22)13-3-2-8-21(10-13)15-9-17-6-7-18-15/h6-7,9,11,13H,2-5,8,10H2,1H3,(H,19,22). The first kappa shape index (κ1) is 15.9. The smallest absolute Gasteiger partial charge is 0.224 e. The van der Waals surface area contributed by atoms with E-state index in [1.54, 1.807) is 29.9 Å². The number of amides is 1. The van der Waals surface area contributed by atoms with Crippen molar-refractivity contribution in [3.8, 4) is 0 Å². The van der Waals surface area contributed by atoms with Crippen molar-refractivity contribution in [1.82, 2.24) is 20.3 Å². The summed E-state index contributed by atoms with van der Waals surface area (Å²) in [4.78, 5) is 27.4. The molecule has 1 aliphatic rings. The van der Waals surface area contributed by atoms with Crippen LogP contribution in [0.5, 0.6) is 0 Å². The lowest BCUT2D eigenvalue weighted by atomic mass is 9.97. The number of carbonyl (C=O) groups excluding carboxylic acids is 1. The molecule has 3 rings (SSSR count). The largest absolute Gasteiger partial charge is 0.355 e. The van der Waals surface area contributed by atoms with Gasteiger partial charge in [0, 0.05) is 43.8 Å². The lowest BCUT2D eigenvalue weighted by Crippen LogP contribution is -2.43. The number of nitrogens with zero attached hydrogens (tertiary/aromatic N) is 4. The first-order chi connectivity index (χ1) is 11.2. The highest BCUT2D eigenvalue weighted by Gasteiger charge is 2.26. The lowest BCUT2D eigenvalue weighted by molar-refractivity contribution is -0.125. The van der Waals surface area contributed by atoms with E-state index in [2.05, 4.69) is 30.5 Å². The zero-order chi connectivity index (χ0) is 16.1. The van der Waals surface area contributed by atoms with Crippen molar-refractivity contribution in [1.29, 1.82) is 0 Å². The van der Waals surface area contributed by atoms with Crippen molar-refractivity contribution in [2.24, 2.45) is 5.92 Å². The van der Waals surface area contributed by atoms with Crippen LogP contribution in [0.1, 0.15) is 23.5 Å². The number of hydrogen-bond donors (Lipinski definition) is 1. The maximum Gasteiger partial charge on any atom is 0.224 e. The van der Waals surface area contributed by atoms with Gasteiger partial charge in [0.05, 0.1) is 22.8 Å². The first-order valence-electron chi connectivity index (χ1n) is 7.92. The molecule has 0 aliphatic carbocycles. The van der Waals surface area contributed by atoms with Crippen LogP contribution in [0.3, 0.4) is 0 Å². The second kappa shape index (κ2) is 7.50. The summed E-state index contributed by atoms with van der Waals surface area (Å²) in [5, 5.41) is 6.17. The molecule has 0 radical (unpaired) electrons. The van der Waals surface area contributed by atoms with Crippen LogP contribution in [-0.4, -0.2) is 40.5 Å². The molecule has 0 spiro atoms. The number of aryl methyl sites for hydroxylation is 1. The van der Waals surface area contributed by atoms with Gasteiger partial charge in [0.15, 0.2) is 0 Å². The van der Waals surface area contributed by atoms with Gasteiger partial charge in [-0.3, -0.25) is 9.78 Å². The summed E-state index contributed by atoms with van der Waals surface area (Å²) in [6.07, 6.45) is 7.83. The fourth-order valence-corrected chi connectivity index (χ4v) is 3.48. The van der Waals surface area contributed by atoms with Crippen LogP contribution in [0.4, 0.5) is 5.82 Å². The SMILES string of the molecule is Cc1nc(CCNC(=O)C2CCCN(c3cnccn3)C2)cs1. The van der Waals surface area contributed by atoms with E-state index in [1.165, 1.54) is 0 Å². The highest BCUT2D eigenvalue weighted by molar-refractivity contribution is 7.09. The van der Waals surface area contributed by atoms with Gasteiger partial charge in [0.25, 0.3) is 0 Å². The van der Waals surface area contributed by atoms with E-state index in [9.17, 15) is 4.79 Å². The number of anilines is 1. The Morgan fingerprint density at radius 1 is 1.48 bits per heavy atom. The van der Waals surface area contributed by atoms with Crippen molar-refractivity contribution in [2.75, 3.05) is 24.5 Å². The zero-order valence-corrected chi connectivity index (χ0v) is 14.1. The Bertz CT molecular complexity index is 645. The molecule has 3 heterocycles. The molecule has 2 aromatic rings. The second-order valence-electron chi connectivity index (χ2n) is 5.75. The van der Waals surface area contributed by atoms with Crippen molar-refractivity contribution < 1.29 is 4.79 Å². The molecule has 1 saturated heterocycles. The minimum atomic E-state index is 0.0166. The summed E-state index contributed by atoms with van der Waals surface area (Å²) in [5.74, 6) is 0.997. The van der Waals surface area contributed by atoms with Crippen LogP contribution < -0.4 is 10.2 Å². The Morgan fingerprint density at radius 2 is 2.39 bits per heavy atom. The molecule has 1 amide bonds. The third-order valence-electron chi connectivity index (χ3n) is 4.01. The summed E-state index contributed by atoms with van der Waals surface area (Å²) in [6, 6.07) is 0. The Balaban J connectivity index is 1.49. The molecule has 0 bridgehead atoms. The number of aromatic nitrogens is 3. The minimum Gasteiger partial charge on any atom is -0.355 e. The number of carbonyl (C=O) groups is 1. The van der Waals surface area contributed by atoms with Crippen molar-refractivity contribution in [3.63, 3.8) is 0 Å². The molecule has 1 fully saturated rings. The molecule has 1 aliphatic heterocycles. The minimum absolute atomic E-state index is 0.0166.